The highest BCUT2D eigenvalue weighted by atomic mass is 16.2. The minimum absolute atomic E-state index is 0.0226. The first-order valence-electron chi connectivity index (χ1n) is 10.1. The van der Waals surface area contributed by atoms with Crippen LogP contribution in [0, 0.1) is 24.2 Å². The normalized spacial score (nSPS) is 35.2. The fourth-order valence-electron chi connectivity index (χ4n) is 6.37. The number of rotatable bonds is 4. The van der Waals surface area contributed by atoms with Crippen LogP contribution in [0.15, 0.2) is 30.3 Å². The molecule has 27 heavy (non-hydrogen) atoms. The number of aromatic nitrogens is 4. The summed E-state index contributed by atoms with van der Waals surface area (Å²) >= 11 is 0. The number of hydrogen-bond acceptors (Lipinski definition) is 4. The lowest BCUT2D eigenvalue weighted by molar-refractivity contribution is -0.158. The van der Waals surface area contributed by atoms with Crippen molar-refractivity contribution in [3.8, 4) is 0 Å². The maximum atomic E-state index is 13.5. The Labute approximate surface area is 159 Å². The number of aryl methyl sites for hydroxylation is 1. The van der Waals surface area contributed by atoms with E-state index in [2.05, 4.69) is 39.8 Å². The molecule has 142 valence electrons. The summed E-state index contributed by atoms with van der Waals surface area (Å²) in [5.74, 6) is 2.11. The molecule has 2 aromatic rings. The van der Waals surface area contributed by atoms with Crippen molar-refractivity contribution in [2.24, 2.45) is 17.3 Å². The van der Waals surface area contributed by atoms with Crippen molar-refractivity contribution < 1.29 is 4.79 Å². The zero-order chi connectivity index (χ0) is 18.6. The van der Waals surface area contributed by atoms with Crippen LogP contribution in [0.5, 0.6) is 0 Å². The summed E-state index contributed by atoms with van der Waals surface area (Å²) in [6.07, 6.45) is 6.28. The summed E-state index contributed by atoms with van der Waals surface area (Å²) in [4.78, 5) is 15.3. The Hall–Kier alpha value is -2.24. The second-order valence-electron chi connectivity index (χ2n) is 9.20. The van der Waals surface area contributed by atoms with Crippen LogP contribution < -0.4 is 5.32 Å². The molecule has 4 fully saturated rings. The molecule has 6 nitrogen and oxygen atoms in total. The van der Waals surface area contributed by atoms with Gasteiger partial charge in [-0.1, -0.05) is 30.3 Å². The van der Waals surface area contributed by atoms with Crippen molar-refractivity contribution in [3.63, 3.8) is 0 Å². The van der Waals surface area contributed by atoms with E-state index in [0.29, 0.717) is 17.7 Å². The van der Waals surface area contributed by atoms with Crippen molar-refractivity contribution >= 4 is 5.91 Å². The predicted octanol–water partition coefficient (Wildman–Crippen LogP) is 3.15. The Kier molecular flexibility index (Phi) is 3.68. The first kappa shape index (κ1) is 16.9. The molecule has 1 heterocycles. The van der Waals surface area contributed by atoms with Gasteiger partial charge in [0.05, 0.1) is 17.0 Å². The number of nitrogens with zero attached hydrogens (tertiary/aromatic N) is 4. The topological polar surface area (TPSA) is 72.7 Å². The number of hydrogen-bond donors (Lipinski definition) is 1. The first-order valence-corrected chi connectivity index (χ1v) is 10.1. The monoisotopic (exact) mass is 365 g/mol. The average molecular weight is 365 g/mol. The summed E-state index contributed by atoms with van der Waals surface area (Å²) < 4.78 is 0. The zero-order valence-electron chi connectivity index (χ0n) is 16.1. The van der Waals surface area contributed by atoms with Crippen molar-refractivity contribution in [1.82, 2.24) is 25.5 Å². The fraction of sp³-hybridized carbons (Fsp3) is 0.619. The fourth-order valence-corrected chi connectivity index (χ4v) is 6.37. The molecule has 6 heteroatoms. The van der Waals surface area contributed by atoms with Gasteiger partial charge in [-0.15, -0.1) is 10.2 Å². The number of amides is 1. The molecule has 4 bridgehead atoms. The summed E-state index contributed by atoms with van der Waals surface area (Å²) in [5, 5.41) is 16.3. The molecule has 6 rings (SSSR count). The molecular formula is C21H27N5O. The van der Waals surface area contributed by atoms with Crippen LogP contribution in [0.25, 0.3) is 0 Å². The predicted molar refractivity (Wildman–Crippen MR) is 101 cm³/mol. The van der Waals surface area contributed by atoms with E-state index in [-0.39, 0.29) is 22.9 Å². The number of benzene rings is 1. The molecule has 1 aromatic carbocycles. The third-order valence-corrected chi connectivity index (χ3v) is 7.10. The van der Waals surface area contributed by atoms with Crippen LogP contribution in [0.2, 0.25) is 0 Å². The molecular weight excluding hydrogens is 338 g/mol. The number of carbonyl (C=O) groups excluding carboxylic acids is 1. The van der Waals surface area contributed by atoms with E-state index >= 15 is 0 Å². The molecule has 3 unspecified atom stereocenters. The molecule has 4 aliphatic rings. The van der Waals surface area contributed by atoms with Gasteiger partial charge in [-0.2, -0.15) is 4.80 Å². The van der Waals surface area contributed by atoms with E-state index in [9.17, 15) is 4.79 Å². The lowest BCUT2D eigenvalue weighted by atomic mass is 9.46. The Morgan fingerprint density at radius 2 is 1.89 bits per heavy atom. The Morgan fingerprint density at radius 3 is 2.52 bits per heavy atom. The molecule has 4 aliphatic carbocycles. The van der Waals surface area contributed by atoms with Gasteiger partial charge in [0.1, 0.15) is 0 Å². The van der Waals surface area contributed by atoms with Gasteiger partial charge in [0.15, 0.2) is 5.82 Å². The van der Waals surface area contributed by atoms with Gasteiger partial charge < -0.3 is 5.32 Å². The quantitative estimate of drug-likeness (QED) is 0.903. The van der Waals surface area contributed by atoms with Crippen LogP contribution in [-0.4, -0.2) is 26.1 Å². The van der Waals surface area contributed by atoms with Gasteiger partial charge in [0.25, 0.3) is 0 Å². The van der Waals surface area contributed by atoms with Crippen LogP contribution >= 0.6 is 0 Å². The summed E-state index contributed by atoms with van der Waals surface area (Å²) in [6, 6.07) is 10.2. The Morgan fingerprint density at radius 1 is 1.19 bits per heavy atom. The SMILES string of the molecule is Cc1nnn(C23CC4CC(CC(C(=O)NC(C)c5ccccc5)(C4)C2)C3)n1. The van der Waals surface area contributed by atoms with E-state index in [0.717, 1.165) is 37.7 Å². The number of tetrazole rings is 1. The highest BCUT2D eigenvalue weighted by Gasteiger charge is 2.62. The van der Waals surface area contributed by atoms with E-state index in [1.807, 2.05) is 29.9 Å². The molecule has 0 saturated heterocycles. The van der Waals surface area contributed by atoms with Crippen LogP contribution in [0.4, 0.5) is 0 Å². The van der Waals surface area contributed by atoms with E-state index in [4.69, 9.17) is 0 Å². The lowest BCUT2D eigenvalue weighted by Crippen LogP contribution is -2.61. The van der Waals surface area contributed by atoms with Crippen molar-refractivity contribution in [2.75, 3.05) is 0 Å². The van der Waals surface area contributed by atoms with Gasteiger partial charge in [-0.05, 0) is 75.0 Å². The lowest BCUT2D eigenvalue weighted by Gasteiger charge is -2.60. The molecule has 0 spiro atoms. The largest absolute Gasteiger partial charge is 0.349 e. The standard InChI is InChI=1S/C21H27N5O/c1-14(18-6-4-3-5-7-18)22-19(27)20-9-16-8-17(10-20)12-21(11-16,13-20)26-24-15(2)23-25-26/h3-7,14,16-17H,8-13H2,1-2H3,(H,22,27). The zero-order valence-corrected chi connectivity index (χ0v) is 16.1. The number of carbonyl (C=O) groups is 1. The van der Waals surface area contributed by atoms with Crippen LogP contribution in [-0.2, 0) is 10.3 Å². The average Bonchev–Trinajstić information content (AvgIpc) is 3.09. The molecule has 1 amide bonds. The third-order valence-electron chi connectivity index (χ3n) is 7.10. The van der Waals surface area contributed by atoms with Gasteiger partial charge in [-0.3, -0.25) is 4.79 Å². The van der Waals surface area contributed by atoms with E-state index < -0.39 is 0 Å². The summed E-state index contributed by atoms with van der Waals surface area (Å²) in [6.45, 7) is 3.96. The van der Waals surface area contributed by atoms with Crippen molar-refractivity contribution in [1.29, 1.82) is 0 Å². The Balaban J connectivity index is 1.43. The highest BCUT2D eigenvalue weighted by molar-refractivity contribution is 5.83. The molecule has 1 aromatic heterocycles. The maximum absolute atomic E-state index is 13.5. The Bertz CT molecular complexity index is 846. The van der Waals surface area contributed by atoms with Gasteiger partial charge in [0, 0.05) is 0 Å². The van der Waals surface area contributed by atoms with Crippen molar-refractivity contribution in [2.45, 2.75) is 64.0 Å². The minimum Gasteiger partial charge on any atom is -0.349 e. The second kappa shape index (κ2) is 5.88. The molecule has 0 aliphatic heterocycles. The summed E-state index contributed by atoms with van der Waals surface area (Å²) in [5.41, 5.74) is 0.742. The van der Waals surface area contributed by atoms with Gasteiger partial charge in [0.2, 0.25) is 5.91 Å². The molecule has 1 N–H and O–H groups in total. The van der Waals surface area contributed by atoms with Crippen LogP contribution in [0.3, 0.4) is 0 Å². The maximum Gasteiger partial charge on any atom is 0.226 e. The molecule has 0 radical (unpaired) electrons. The minimum atomic E-state index is -0.283. The third kappa shape index (κ3) is 2.68. The van der Waals surface area contributed by atoms with E-state index in [1.54, 1.807) is 0 Å². The molecule has 3 atom stereocenters. The van der Waals surface area contributed by atoms with Crippen LogP contribution in [0.1, 0.15) is 62.9 Å². The van der Waals surface area contributed by atoms with Crippen molar-refractivity contribution in [3.05, 3.63) is 41.7 Å². The highest BCUT2D eigenvalue weighted by Crippen LogP contribution is 2.64. The second-order valence-corrected chi connectivity index (χ2v) is 9.20. The van der Waals surface area contributed by atoms with Gasteiger partial charge >= 0.3 is 0 Å². The smallest absolute Gasteiger partial charge is 0.226 e. The number of nitrogens with one attached hydrogen (secondary N) is 1. The van der Waals surface area contributed by atoms with Gasteiger partial charge in [-0.25, -0.2) is 0 Å². The molecule has 4 saturated carbocycles. The summed E-state index contributed by atoms with van der Waals surface area (Å²) in [7, 11) is 0. The first-order chi connectivity index (χ1) is 13.0. The van der Waals surface area contributed by atoms with E-state index in [1.165, 1.54) is 6.42 Å².